The fourth-order valence-electron chi connectivity index (χ4n) is 2.28. The van der Waals surface area contributed by atoms with Gasteiger partial charge in [0.05, 0.1) is 5.88 Å². The van der Waals surface area contributed by atoms with E-state index in [1.54, 1.807) is 30.3 Å². The van der Waals surface area contributed by atoms with Gasteiger partial charge in [-0.15, -0.1) is 11.6 Å². The lowest BCUT2D eigenvalue weighted by Gasteiger charge is -2.27. The van der Waals surface area contributed by atoms with Crippen molar-refractivity contribution in [2.24, 2.45) is 0 Å². The molecule has 1 atom stereocenters. The van der Waals surface area contributed by atoms with Gasteiger partial charge in [-0.25, -0.2) is 4.79 Å². The maximum Gasteiger partial charge on any atom is 0.415 e. The molecule has 0 heterocycles. The van der Waals surface area contributed by atoms with Crippen molar-refractivity contribution in [3.63, 3.8) is 0 Å². The van der Waals surface area contributed by atoms with E-state index >= 15 is 0 Å². The Labute approximate surface area is 151 Å². The summed E-state index contributed by atoms with van der Waals surface area (Å²) in [4.78, 5) is 37.6. The number of ketones is 2. The summed E-state index contributed by atoms with van der Waals surface area (Å²) in [6, 6.07) is 16.7. The summed E-state index contributed by atoms with van der Waals surface area (Å²) < 4.78 is 5.32. The number of Topliss-reactive ketones (excluding diaryl/α,β-unsaturated/α-hetero) is 2. The zero-order valence-corrected chi connectivity index (χ0v) is 14.5. The van der Waals surface area contributed by atoms with Gasteiger partial charge in [0.2, 0.25) is 11.6 Å². The Balaban J connectivity index is 2.20. The molecule has 25 heavy (non-hydrogen) atoms. The maximum absolute atomic E-state index is 12.6. The molecule has 0 spiro atoms. The summed E-state index contributed by atoms with van der Waals surface area (Å²) in [5, 5.41) is 0. The van der Waals surface area contributed by atoms with Crippen LogP contribution in [0.3, 0.4) is 0 Å². The van der Waals surface area contributed by atoms with E-state index in [-0.39, 0.29) is 6.61 Å². The minimum absolute atomic E-state index is 0.0629. The Morgan fingerprint density at radius 2 is 1.56 bits per heavy atom. The van der Waals surface area contributed by atoms with Gasteiger partial charge in [0.25, 0.3) is 0 Å². The van der Waals surface area contributed by atoms with Crippen molar-refractivity contribution in [1.29, 1.82) is 0 Å². The van der Waals surface area contributed by atoms with E-state index in [0.29, 0.717) is 5.69 Å². The average molecular weight is 360 g/mol. The smallest absolute Gasteiger partial charge is 0.415 e. The van der Waals surface area contributed by atoms with Gasteiger partial charge in [-0.05, 0) is 24.6 Å². The molecule has 0 N–H and O–H groups in total. The Bertz CT molecular complexity index is 734. The molecule has 2 aromatic carbocycles. The van der Waals surface area contributed by atoms with E-state index in [1.165, 1.54) is 6.92 Å². The van der Waals surface area contributed by atoms with Crippen LogP contribution in [0.4, 0.5) is 10.5 Å². The fraction of sp³-hybridized carbons (Fsp3) is 0.211. The van der Waals surface area contributed by atoms with E-state index in [4.69, 9.17) is 16.3 Å². The minimum atomic E-state index is -1.02. The number of hydrogen-bond acceptors (Lipinski definition) is 4. The molecule has 0 aliphatic rings. The molecule has 1 amide bonds. The Kier molecular flexibility index (Phi) is 6.71. The molecule has 0 fully saturated rings. The lowest BCUT2D eigenvalue weighted by molar-refractivity contribution is -0.135. The van der Waals surface area contributed by atoms with Crippen LogP contribution in [0.1, 0.15) is 12.5 Å². The molecular weight excluding hydrogens is 342 g/mol. The van der Waals surface area contributed by atoms with Gasteiger partial charge in [0.1, 0.15) is 12.6 Å². The number of carbonyl (C=O) groups is 3. The number of para-hydroxylation sites is 1. The third-order valence-corrected chi connectivity index (χ3v) is 3.84. The van der Waals surface area contributed by atoms with Crippen LogP contribution >= 0.6 is 11.6 Å². The van der Waals surface area contributed by atoms with Crippen molar-refractivity contribution < 1.29 is 19.1 Å². The van der Waals surface area contributed by atoms with Gasteiger partial charge in [-0.2, -0.15) is 0 Å². The Morgan fingerprint density at radius 1 is 1.00 bits per heavy atom. The highest BCUT2D eigenvalue weighted by Crippen LogP contribution is 2.19. The van der Waals surface area contributed by atoms with Crippen molar-refractivity contribution in [2.45, 2.75) is 19.6 Å². The second kappa shape index (κ2) is 8.99. The summed E-state index contributed by atoms with van der Waals surface area (Å²) >= 11 is 5.46. The number of alkyl halides is 1. The normalized spacial score (nSPS) is 11.4. The van der Waals surface area contributed by atoms with Gasteiger partial charge in [0.15, 0.2) is 0 Å². The van der Waals surface area contributed by atoms with Crippen LogP contribution in [0.15, 0.2) is 60.7 Å². The molecule has 0 unspecified atom stereocenters. The molecule has 0 aliphatic carbocycles. The molecule has 0 saturated heterocycles. The predicted molar refractivity (Wildman–Crippen MR) is 95.7 cm³/mol. The first kappa shape index (κ1) is 18.7. The minimum Gasteiger partial charge on any atom is -0.444 e. The van der Waals surface area contributed by atoms with Crippen LogP contribution in [0.25, 0.3) is 0 Å². The average Bonchev–Trinajstić information content (AvgIpc) is 2.66. The van der Waals surface area contributed by atoms with Gasteiger partial charge < -0.3 is 4.74 Å². The number of anilines is 1. The van der Waals surface area contributed by atoms with Crippen molar-refractivity contribution in [3.8, 4) is 0 Å². The molecule has 5 nitrogen and oxygen atoms in total. The number of ether oxygens (including phenoxy) is 1. The van der Waals surface area contributed by atoms with Gasteiger partial charge >= 0.3 is 6.09 Å². The molecule has 0 radical (unpaired) electrons. The van der Waals surface area contributed by atoms with Crippen molar-refractivity contribution in [3.05, 3.63) is 66.2 Å². The molecule has 0 bridgehead atoms. The Hall–Kier alpha value is -2.66. The summed E-state index contributed by atoms with van der Waals surface area (Å²) in [5.41, 5.74) is 1.28. The summed E-state index contributed by atoms with van der Waals surface area (Å²) in [5.74, 6) is -1.91. The molecule has 2 aromatic rings. The summed E-state index contributed by atoms with van der Waals surface area (Å²) in [7, 11) is 0. The highest BCUT2D eigenvalue weighted by atomic mass is 35.5. The lowest BCUT2D eigenvalue weighted by Crippen LogP contribution is -2.46. The fourth-order valence-corrected chi connectivity index (χ4v) is 2.41. The lowest BCUT2D eigenvalue weighted by atomic mass is 10.1. The Morgan fingerprint density at radius 3 is 2.12 bits per heavy atom. The quantitative estimate of drug-likeness (QED) is 0.559. The number of hydrogen-bond donors (Lipinski definition) is 0. The van der Waals surface area contributed by atoms with Crippen LogP contribution in [-0.2, 0) is 20.9 Å². The number of benzene rings is 2. The van der Waals surface area contributed by atoms with Crippen LogP contribution in [0.2, 0.25) is 0 Å². The van der Waals surface area contributed by atoms with Crippen molar-refractivity contribution in [2.75, 3.05) is 10.8 Å². The first-order valence-corrected chi connectivity index (χ1v) is 8.26. The summed E-state index contributed by atoms with van der Waals surface area (Å²) in [6.07, 6.45) is -0.710. The van der Waals surface area contributed by atoms with E-state index in [2.05, 4.69) is 0 Å². The zero-order valence-electron chi connectivity index (χ0n) is 13.7. The van der Waals surface area contributed by atoms with E-state index in [9.17, 15) is 14.4 Å². The van der Waals surface area contributed by atoms with Crippen LogP contribution in [-0.4, -0.2) is 29.6 Å². The predicted octanol–water partition coefficient (Wildman–Crippen LogP) is 3.60. The number of carbonyl (C=O) groups excluding carboxylic acids is 3. The third-order valence-electron chi connectivity index (χ3n) is 3.60. The maximum atomic E-state index is 12.6. The molecular formula is C19H18ClNO4. The van der Waals surface area contributed by atoms with Crippen molar-refractivity contribution in [1.82, 2.24) is 0 Å². The van der Waals surface area contributed by atoms with Crippen LogP contribution in [0, 0.1) is 0 Å². The summed E-state index contributed by atoms with van der Waals surface area (Å²) in [6.45, 7) is 1.54. The third kappa shape index (κ3) is 4.90. The zero-order chi connectivity index (χ0) is 18.2. The number of rotatable bonds is 7. The van der Waals surface area contributed by atoms with E-state index in [0.717, 1.165) is 10.5 Å². The number of halogens is 1. The van der Waals surface area contributed by atoms with Crippen molar-refractivity contribution >= 4 is 34.9 Å². The standard InChI is InChI=1S/C19H18ClNO4/c1-14(18(23)17(22)12-20)21(16-10-6-3-7-11-16)19(24)25-13-15-8-4-2-5-9-15/h2-11,14H,12-13H2,1H3/t14-/m0/s1. The van der Waals surface area contributed by atoms with E-state index in [1.807, 2.05) is 30.3 Å². The second-order valence-electron chi connectivity index (χ2n) is 5.34. The van der Waals surface area contributed by atoms with Gasteiger partial charge in [-0.1, -0.05) is 48.5 Å². The molecule has 0 aliphatic heterocycles. The second-order valence-corrected chi connectivity index (χ2v) is 5.61. The first-order valence-electron chi connectivity index (χ1n) is 7.72. The number of nitrogens with zero attached hydrogens (tertiary/aromatic N) is 1. The number of amides is 1. The highest BCUT2D eigenvalue weighted by molar-refractivity contribution is 6.49. The molecule has 0 aromatic heterocycles. The van der Waals surface area contributed by atoms with Gasteiger partial charge in [-0.3, -0.25) is 14.5 Å². The molecule has 6 heteroatoms. The van der Waals surface area contributed by atoms with Crippen LogP contribution < -0.4 is 4.90 Å². The topological polar surface area (TPSA) is 63.7 Å². The highest BCUT2D eigenvalue weighted by Gasteiger charge is 2.31. The molecule has 130 valence electrons. The largest absolute Gasteiger partial charge is 0.444 e. The molecule has 2 rings (SSSR count). The first-order chi connectivity index (χ1) is 12.0. The molecule has 0 saturated carbocycles. The van der Waals surface area contributed by atoms with Gasteiger partial charge in [0, 0.05) is 5.69 Å². The SMILES string of the molecule is C[C@@H](C(=O)C(=O)CCl)N(C(=O)OCc1ccccc1)c1ccccc1. The van der Waals surface area contributed by atoms with E-state index < -0.39 is 29.6 Å². The monoisotopic (exact) mass is 359 g/mol. The van der Waals surface area contributed by atoms with Crippen LogP contribution in [0.5, 0.6) is 0 Å².